The maximum Gasteiger partial charge on any atom is 0.343 e. The number of carbonyl (C=O) groups excluding carboxylic acids is 2. The zero-order valence-corrected chi connectivity index (χ0v) is 16.3. The zero-order valence-electron chi connectivity index (χ0n) is 16.3. The molecule has 0 aliphatic carbocycles. The number of rotatable bonds is 7. The molecule has 3 aromatic rings. The van der Waals surface area contributed by atoms with Crippen molar-refractivity contribution >= 4 is 23.8 Å². The molecule has 0 aliphatic heterocycles. The van der Waals surface area contributed by atoms with Crippen LogP contribution >= 0.6 is 0 Å². The molecule has 0 radical (unpaired) electrons. The Hall–Kier alpha value is -4.00. The number of anilines is 1. The Balaban J connectivity index is 1.52. The molecule has 2 N–H and O–H groups in total. The fourth-order valence-electron chi connectivity index (χ4n) is 2.60. The van der Waals surface area contributed by atoms with Crippen LogP contribution in [0.4, 0.5) is 10.1 Å². The number of hydrazone groups is 1. The molecule has 0 bridgehead atoms. The average molecular weight is 405 g/mol. The van der Waals surface area contributed by atoms with E-state index in [-0.39, 0.29) is 23.8 Å². The highest BCUT2D eigenvalue weighted by atomic mass is 19.1. The molecule has 7 heteroatoms. The van der Waals surface area contributed by atoms with Crippen LogP contribution in [0.25, 0.3) is 0 Å². The van der Waals surface area contributed by atoms with Crippen molar-refractivity contribution < 1.29 is 18.7 Å². The van der Waals surface area contributed by atoms with Gasteiger partial charge < -0.3 is 10.1 Å². The van der Waals surface area contributed by atoms with E-state index in [1.165, 1.54) is 24.4 Å². The third-order valence-corrected chi connectivity index (χ3v) is 4.00. The van der Waals surface area contributed by atoms with E-state index in [1.54, 1.807) is 24.3 Å². The topological polar surface area (TPSA) is 79.8 Å². The lowest BCUT2D eigenvalue weighted by Gasteiger charge is -2.06. The molecule has 0 aliphatic rings. The van der Waals surface area contributed by atoms with Gasteiger partial charge in [0.2, 0.25) is 0 Å². The van der Waals surface area contributed by atoms with Crippen molar-refractivity contribution in [2.45, 2.75) is 6.92 Å². The van der Waals surface area contributed by atoms with E-state index >= 15 is 0 Å². The summed E-state index contributed by atoms with van der Waals surface area (Å²) in [6, 6.07) is 19.5. The second kappa shape index (κ2) is 9.97. The summed E-state index contributed by atoms with van der Waals surface area (Å²) in [7, 11) is 0. The van der Waals surface area contributed by atoms with Gasteiger partial charge in [0.1, 0.15) is 11.6 Å². The Morgan fingerprint density at radius 1 is 1.03 bits per heavy atom. The lowest BCUT2D eigenvalue weighted by atomic mass is 10.2. The minimum atomic E-state index is -0.667. The lowest BCUT2D eigenvalue weighted by Crippen LogP contribution is -2.25. The van der Waals surface area contributed by atoms with Crippen LogP contribution < -0.4 is 15.5 Å². The Morgan fingerprint density at radius 3 is 2.63 bits per heavy atom. The van der Waals surface area contributed by atoms with Crippen molar-refractivity contribution in [1.29, 1.82) is 0 Å². The number of halogens is 1. The van der Waals surface area contributed by atoms with E-state index < -0.39 is 11.8 Å². The Labute approximate surface area is 173 Å². The van der Waals surface area contributed by atoms with Gasteiger partial charge in [-0.25, -0.2) is 14.6 Å². The first-order valence-electron chi connectivity index (χ1n) is 9.20. The number of benzene rings is 3. The van der Waals surface area contributed by atoms with Crippen molar-refractivity contribution in [3.05, 3.63) is 95.3 Å². The maximum absolute atomic E-state index is 13.2. The summed E-state index contributed by atoms with van der Waals surface area (Å²) in [5.41, 5.74) is 5.10. The number of aryl methyl sites for hydroxylation is 1. The second-order valence-corrected chi connectivity index (χ2v) is 6.49. The molecule has 0 atom stereocenters. The van der Waals surface area contributed by atoms with E-state index in [9.17, 15) is 14.0 Å². The molecule has 6 nitrogen and oxygen atoms in total. The molecule has 0 spiro atoms. The van der Waals surface area contributed by atoms with Gasteiger partial charge in [0, 0.05) is 5.69 Å². The summed E-state index contributed by atoms with van der Waals surface area (Å²) >= 11 is 0. The molecule has 0 heterocycles. The second-order valence-electron chi connectivity index (χ2n) is 6.49. The fourth-order valence-corrected chi connectivity index (χ4v) is 2.60. The maximum atomic E-state index is 13.2. The number of ether oxygens (including phenoxy) is 1. The molecule has 30 heavy (non-hydrogen) atoms. The van der Waals surface area contributed by atoms with Crippen molar-refractivity contribution in [2.75, 3.05) is 11.9 Å². The molecule has 3 rings (SSSR count). The summed E-state index contributed by atoms with van der Waals surface area (Å²) in [5, 5.41) is 6.92. The van der Waals surface area contributed by atoms with Gasteiger partial charge in [-0.3, -0.25) is 4.79 Å². The first kappa shape index (κ1) is 20.7. The van der Waals surface area contributed by atoms with E-state index in [1.807, 2.05) is 31.2 Å². The number of nitrogens with zero attached hydrogens (tertiary/aromatic N) is 1. The molecule has 0 unspecified atom stereocenters. The van der Waals surface area contributed by atoms with Gasteiger partial charge in [-0.2, -0.15) is 5.10 Å². The number of hydrogen-bond acceptors (Lipinski definition) is 5. The van der Waals surface area contributed by atoms with Crippen LogP contribution in [0.1, 0.15) is 21.5 Å². The zero-order chi connectivity index (χ0) is 21.3. The fraction of sp³-hybridized carbons (Fsp3) is 0.0870. The van der Waals surface area contributed by atoms with Crippen LogP contribution in [0.5, 0.6) is 5.75 Å². The quantitative estimate of drug-likeness (QED) is 0.270. The molecule has 1 amide bonds. The molecule has 0 aromatic heterocycles. The first-order chi connectivity index (χ1) is 14.5. The standard InChI is InChI=1S/C23H20FN3O3/c1-16-5-2-9-20(11-16)25-15-22(28)27-26-14-17-6-3-10-21(12-17)30-23(29)18-7-4-8-19(24)13-18/h2-14,25H,15H2,1H3,(H,27,28)/b26-14+. The van der Waals surface area contributed by atoms with Crippen LogP contribution in [0.15, 0.2) is 77.9 Å². The normalized spacial score (nSPS) is 10.6. The van der Waals surface area contributed by atoms with Crippen molar-refractivity contribution in [3.63, 3.8) is 0 Å². The minimum absolute atomic E-state index is 0.0755. The van der Waals surface area contributed by atoms with Gasteiger partial charge in [-0.1, -0.05) is 30.3 Å². The highest BCUT2D eigenvalue weighted by molar-refractivity contribution is 5.91. The third-order valence-electron chi connectivity index (χ3n) is 4.00. The van der Waals surface area contributed by atoms with Gasteiger partial charge in [-0.15, -0.1) is 0 Å². The van der Waals surface area contributed by atoms with E-state index in [4.69, 9.17) is 4.74 Å². The number of nitrogens with one attached hydrogen (secondary N) is 2. The van der Waals surface area contributed by atoms with Crippen molar-refractivity contribution in [1.82, 2.24) is 5.43 Å². The number of esters is 1. The van der Waals surface area contributed by atoms with Crippen molar-refractivity contribution in [2.24, 2.45) is 5.10 Å². The SMILES string of the molecule is Cc1cccc(NCC(=O)N/N=C/c2cccc(OC(=O)c3cccc(F)c3)c2)c1. The van der Waals surface area contributed by atoms with Crippen LogP contribution in [-0.4, -0.2) is 24.6 Å². The Bertz CT molecular complexity index is 1080. The Morgan fingerprint density at radius 2 is 1.83 bits per heavy atom. The summed E-state index contributed by atoms with van der Waals surface area (Å²) in [6.45, 7) is 2.05. The minimum Gasteiger partial charge on any atom is -0.423 e. The summed E-state index contributed by atoms with van der Waals surface area (Å²) in [6.07, 6.45) is 1.43. The van der Waals surface area contributed by atoms with Crippen LogP contribution in [0, 0.1) is 12.7 Å². The van der Waals surface area contributed by atoms with Gasteiger partial charge in [0.25, 0.3) is 5.91 Å². The van der Waals surface area contributed by atoms with E-state index in [0.717, 1.165) is 17.3 Å². The molecule has 0 saturated heterocycles. The molecule has 0 fully saturated rings. The average Bonchev–Trinajstić information content (AvgIpc) is 2.73. The van der Waals surface area contributed by atoms with Gasteiger partial charge in [0.05, 0.1) is 18.3 Å². The molecular formula is C23H20FN3O3. The predicted molar refractivity (Wildman–Crippen MR) is 113 cm³/mol. The lowest BCUT2D eigenvalue weighted by molar-refractivity contribution is -0.119. The Kier molecular flexibility index (Phi) is 6.89. The van der Waals surface area contributed by atoms with Gasteiger partial charge in [-0.05, 0) is 60.5 Å². The van der Waals surface area contributed by atoms with Gasteiger partial charge in [0.15, 0.2) is 0 Å². The van der Waals surface area contributed by atoms with Crippen LogP contribution in [-0.2, 0) is 4.79 Å². The van der Waals surface area contributed by atoms with Gasteiger partial charge >= 0.3 is 5.97 Å². The van der Waals surface area contributed by atoms with Crippen molar-refractivity contribution in [3.8, 4) is 5.75 Å². The van der Waals surface area contributed by atoms with E-state index in [2.05, 4.69) is 15.8 Å². The summed E-state index contributed by atoms with van der Waals surface area (Å²) in [5.74, 6) is -1.21. The monoisotopic (exact) mass is 405 g/mol. The summed E-state index contributed by atoms with van der Waals surface area (Å²) < 4.78 is 18.5. The number of amides is 1. The molecule has 0 saturated carbocycles. The highest BCUT2D eigenvalue weighted by Crippen LogP contribution is 2.15. The molecular weight excluding hydrogens is 385 g/mol. The molecule has 152 valence electrons. The number of carbonyl (C=O) groups is 2. The highest BCUT2D eigenvalue weighted by Gasteiger charge is 2.09. The van der Waals surface area contributed by atoms with Crippen LogP contribution in [0.2, 0.25) is 0 Å². The van der Waals surface area contributed by atoms with E-state index in [0.29, 0.717) is 5.56 Å². The first-order valence-corrected chi connectivity index (χ1v) is 9.20. The third kappa shape index (κ3) is 6.27. The largest absolute Gasteiger partial charge is 0.423 e. The van der Waals surface area contributed by atoms with Crippen LogP contribution in [0.3, 0.4) is 0 Å². The summed E-state index contributed by atoms with van der Waals surface area (Å²) in [4.78, 5) is 24.0. The predicted octanol–water partition coefficient (Wildman–Crippen LogP) is 3.92. The smallest absolute Gasteiger partial charge is 0.343 e. The molecule has 3 aromatic carbocycles. The number of hydrogen-bond donors (Lipinski definition) is 2.